The first-order valence-corrected chi connectivity index (χ1v) is 6.30. The van der Waals surface area contributed by atoms with Gasteiger partial charge in [-0.3, -0.25) is 9.69 Å². The SMILES string of the molecule is CC(c1nc(C(N)=O)cs1)N(C(=O)O)C(C)(C)C. The Labute approximate surface area is 109 Å². The summed E-state index contributed by atoms with van der Waals surface area (Å²) < 4.78 is 0. The van der Waals surface area contributed by atoms with Crippen LogP contribution in [-0.4, -0.2) is 32.5 Å². The van der Waals surface area contributed by atoms with Gasteiger partial charge in [-0.15, -0.1) is 11.3 Å². The lowest BCUT2D eigenvalue weighted by atomic mass is 10.0. The average Bonchev–Trinajstić information content (AvgIpc) is 2.62. The van der Waals surface area contributed by atoms with Gasteiger partial charge in [0.05, 0.1) is 6.04 Å². The van der Waals surface area contributed by atoms with Crippen LogP contribution in [0.2, 0.25) is 0 Å². The van der Waals surface area contributed by atoms with Crippen LogP contribution in [0.15, 0.2) is 5.38 Å². The second-order valence-corrected chi connectivity index (χ2v) is 5.82. The number of hydrogen-bond acceptors (Lipinski definition) is 4. The smallest absolute Gasteiger partial charge is 0.408 e. The number of carbonyl (C=O) groups excluding carboxylic acids is 1. The molecule has 100 valence electrons. The molecular formula is C11H17N3O3S. The van der Waals surface area contributed by atoms with E-state index in [4.69, 9.17) is 5.73 Å². The van der Waals surface area contributed by atoms with Crippen molar-refractivity contribution in [1.82, 2.24) is 9.88 Å². The summed E-state index contributed by atoms with van der Waals surface area (Å²) >= 11 is 1.23. The Morgan fingerprint density at radius 1 is 1.50 bits per heavy atom. The maximum Gasteiger partial charge on any atom is 0.408 e. The van der Waals surface area contributed by atoms with Gasteiger partial charge in [0.25, 0.3) is 5.91 Å². The number of aromatic nitrogens is 1. The van der Waals surface area contributed by atoms with Crippen molar-refractivity contribution >= 4 is 23.3 Å². The number of nitrogens with two attached hydrogens (primary N) is 1. The molecule has 0 aromatic carbocycles. The zero-order chi connectivity index (χ0) is 14.1. The summed E-state index contributed by atoms with van der Waals surface area (Å²) in [6, 6.07) is -0.430. The van der Waals surface area contributed by atoms with Gasteiger partial charge in [-0.05, 0) is 27.7 Å². The van der Waals surface area contributed by atoms with Crippen molar-refractivity contribution in [2.45, 2.75) is 39.3 Å². The van der Waals surface area contributed by atoms with Crippen LogP contribution >= 0.6 is 11.3 Å². The minimum absolute atomic E-state index is 0.168. The normalized spacial score (nSPS) is 13.1. The largest absolute Gasteiger partial charge is 0.465 e. The molecular weight excluding hydrogens is 254 g/mol. The van der Waals surface area contributed by atoms with E-state index in [1.807, 2.05) is 0 Å². The van der Waals surface area contributed by atoms with Crippen LogP contribution < -0.4 is 5.73 Å². The van der Waals surface area contributed by atoms with Gasteiger partial charge in [0.1, 0.15) is 10.7 Å². The summed E-state index contributed by atoms with van der Waals surface area (Å²) in [7, 11) is 0. The molecule has 1 aromatic heterocycles. The first-order chi connectivity index (χ1) is 8.14. The van der Waals surface area contributed by atoms with E-state index < -0.39 is 23.6 Å². The van der Waals surface area contributed by atoms with Crippen LogP contribution in [0.3, 0.4) is 0 Å². The van der Waals surface area contributed by atoms with Crippen LogP contribution in [0.25, 0.3) is 0 Å². The molecule has 0 aliphatic rings. The highest BCUT2D eigenvalue weighted by atomic mass is 32.1. The molecule has 1 unspecified atom stereocenters. The van der Waals surface area contributed by atoms with Crippen molar-refractivity contribution in [3.05, 3.63) is 16.1 Å². The van der Waals surface area contributed by atoms with E-state index in [-0.39, 0.29) is 5.69 Å². The summed E-state index contributed by atoms with van der Waals surface area (Å²) in [4.78, 5) is 27.7. The Bertz CT molecular complexity index is 464. The number of thiazole rings is 1. The second kappa shape index (κ2) is 4.93. The van der Waals surface area contributed by atoms with Gasteiger partial charge in [0.15, 0.2) is 0 Å². The number of carboxylic acid groups (broad SMARTS) is 1. The van der Waals surface area contributed by atoms with Gasteiger partial charge in [0.2, 0.25) is 0 Å². The van der Waals surface area contributed by atoms with Gasteiger partial charge in [-0.1, -0.05) is 0 Å². The summed E-state index contributed by atoms with van der Waals surface area (Å²) in [5.74, 6) is -0.609. The monoisotopic (exact) mass is 271 g/mol. The summed E-state index contributed by atoms with van der Waals surface area (Å²) in [6.45, 7) is 7.16. The highest BCUT2D eigenvalue weighted by Gasteiger charge is 2.33. The van der Waals surface area contributed by atoms with Crippen molar-refractivity contribution in [1.29, 1.82) is 0 Å². The van der Waals surface area contributed by atoms with Gasteiger partial charge in [-0.2, -0.15) is 0 Å². The molecule has 7 heteroatoms. The fourth-order valence-corrected chi connectivity index (χ4v) is 2.59. The minimum atomic E-state index is -1.02. The predicted molar refractivity (Wildman–Crippen MR) is 68.7 cm³/mol. The predicted octanol–water partition coefficient (Wildman–Crippen LogP) is 2.08. The highest BCUT2D eigenvalue weighted by molar-refractivity contribution is 7.09. The topological polar surface area (TPSA) is 96.5 Å². The van der Waals surface area contributed by atoms with Crippen LogP contribution in [0.4, 0.5) is 4.79 Å². The molecule has 1 aromatic rings. The van der Waals surface area contributed by atoms with Crippen LogP contribution in [0, 0.1) is 0 Å². The fraction of sp³-hybridized carbons (Fsp3) is 0.545. The third-order valence-corrected chi connectivity index (χ3v) is 3.46. The van der Waals surface area contributed by atoms with Gasteiger partial charge >= 0.3 is 6.09 Å². The van der Waals surface area contributed by atoms with Crippen LogP contribution in [0.1, 0.15) is 49.2 Å². The van der Waals surface area contributed by atoms with Gasteiger partial charge in [0, 0.05) is 10.9 Å². The number of rotatable bonds is 3. The molecule has 0 fully saturated rings. The van der Waals surface area contributed by atoms with Crippen molar-refractivity contribution in [3.8, 4) is 0 Å². The second-order valence-electron chi connectivity index (χ2n) is 4.93. The summed E-state index contributed by atoms with van der Waals surface area (Å²) in [6.07, 6.45) is -1.02. The average molecular weight is 271 g/mol. The zero-order valence-electron chi connectivity index (χ0n) is 10.8. The fourth-order valence-electron chi connectivity index (χ4n) is 1.74. The molecule has 0 aliphatic carbocycles. The van der Waals surface area contributed by atoms with Gasteiger partial charge < -0.3 is 10.8 Å². The van der Waals surface area contributed by atoms with Crippen molar-refractivity contribution in [2.75, 3.05) is 0 Å². The Morgan fingerprint density at radius 2 is 2.06 bits per heavy atom. The Hall–Kier alpha value is -1.63. The number of nitrogens with zero attached hydrogens (tertiary/aromatic N) is 2. The minimum Gasteiger partial charge on any atom is -0.465 e. The quantitative estimate of drug-likeness (QED) is 0.879. The van der Waals surface area contributed by atoms with E-state index in [2.05, 4.69) is 4.98 Å². The number of hydrogen-bond donors (Lipinski definition) is 2. The molecule has 6 nitrogen and oxygen atoms in total. The standard InChI is InChI=1S/C11H17N3O3S/c1-6(14(10(16)17)11(2,3)4)9-13-7(5-18-9)8(12)15/h5-6H,1-4H3,(H2,12,15)(H,16,17). The molecule has 1 rings (SSSR count). The Kier molecular flexibility index (Phi) is 3.95. The maximum atomic E-state index is 11.3. The van der Waals surface area contributed by atoms with Crippen molar-refractivity contribution < 1.29 is 14.7 Å². The lowest BCUT2D eigenvalue weighted by molar-refractivity contribution is 0.0752. The molecule has 1 atom stereocenters. The van der Waals surface area contributed by atoms with E-state index in [1.165, 1.54) is 21.6 Å². The molecule has 18 heavy (non-hydrogen) atoms. The summed E-state index contributed by atoms with van der Waals surface area (Å²) in [5.41, 5.74) is 4.74. The Morgan fingerprint density at radius 3 is 2.39 bits per heavy atom. The van der Waals surface area contributed by atoms with Crippen LogP contribution in [0.5, 0.6) is 0 Å². The number of amides is 2. The van der Waals surface area contributed by atoms with Crippen molar-refractivity contribution in [3.63, 3.8) is 0 Å². The third-order valence-electron chi connectivity index (χ3n) is 2.45. The van der Waals surface area contributed by atoms with Crippen LogP contribution in [-0.2, 0) is 0 Å². The van der Waals surface area contributed by atoms with Crippen molar-refractivity contribution in [2.24, 2.45) is 5.73 Å². The molecule has 2 amide bonds. The van der Waals surface area contributed by atoms with E-state index in [9.17, 15) is 14.7 Å². The Balaban J connectivity index is 3.06. The molecule has 1 heterocycles. The van der Waals surface area contributed by atoms with E-state index in [0.29, 0.717) is 5.01 Å². The number of primary amides is 1. The van der Waals surface area contributed by atoms with Gasteiger partial charge in [-0.25, -0.2) is 9.78 Å². The zero-order valence-corrected chi connectivity index (χ0v) is 11.6. The molecule has 0 spiro atoms. The first kappa shape index (κ1) is 14.4. The lowest BCUT2D eigenvalue weighted by Crippen LogP contribution is -2.46. The highest BCUT2D eigenvalue weighted by Crippen LogP contribution is 2.29. The molecule has 0 bridgehead atoms. The maximum absolute atomic E-state index is 11.3. The van der Waals surface area contributed by atoms with E-state index in [0.717, 1.165) is 0 Å². The third kappa shape index (κ3) is 2.98. The summed E-state index contributed by atoms with van der Waals surface area (Å²) in [5, 5.41) is 11.4. The molecule has 0 saturated heterocycles. The molecule has 0 radical (unpaired) electrons. The lowest BCUT2D eigenvalue weighted by Gasteiger charge is -2.37. The van der Waals surface area contributed by atoms with E-state index in [1.54, 1.807) is 27.7 Å². The first-order valence-electron chi connectivity index (χ1n) is 5.42. The van der Waals surface area contributed by atoms with E-state index >= 15 is 0 Å². The molecule has 0 aliphatic heterocycles. The molecule has 0 saturated carbocycles. The number of carbonyl (C=O) groups is 2. The molecule has 3 N–H and O–H groups in total.